The molecule has 0 radical (unpaired) electrons. The number of likely N-dealkylation sites (N-methyl/N-ethyl adjacent to an activating group) is 6. The van der Waals surface area contributed by atoms with Gasteiger partial charge in [0.1, 0.15) is 46.0 Å². The summed E-state index contributed by atoms with van der Waals surface area (Å²) in [5.74, 6) is 7.42. The van der Waals surface area contributed by atoms with Crippen molar-refractivity contribution in [3.05, 3.63) is 143 Å². The molecule has 0 atom stereocenters. The van der Waals surface area contributed by atoms with Gasteiger partial charge in [-0.2, -0.15) is 10.1 Å². The summed E-state index contributed by atoms with van der Waals surface area (Å²) < 4.78 is 23.8. The van der Waals surface area contributed by atoms with Crippen LogP contribution < -0.4 is 44.9 Å². The minimum atomic E-state index is -0.589. The van der Waals surface area contributed by atoms with Gasteiger partial charge in [-0.05, 0) is 193 Å². The Labute approximate surface area is 618 Å². The monoisotopic (exact) mass is 1520 g/mol. The molecular formula is C71H104BrN15O13S2. The Kier molecular flexibility index (Phi) is 39.2. The van der Waals surface area contributed by atoms with Gasteiger partial charge in [0.25, 0.3) is 17.3 Å². The van der Waals surface area contributed by atoms with Gasteiger partial charge >= 0.3 is 0 Å². The largest absolute Gasteiger partial charge is 0.508 e. The molecule has 102 heavy (non-hydrogen) atoms. The minimum absolute atomic E-state index is 0.0314. The molecule has 0 spiro atoms. The smallest absolute Gasteiger partial charge is 0.271 e. The molecule has 0 unspecified atom stereocenters. The summed E-state index contributed by atoms with van der Waals surface area (Å²) in [6, 6.07) is 26.1. The third-order valence-electron chi connectivity index (χ3n) is 15.1. The number of benzene rings is 6. The van der Waals surface area contributed by atoms with Crippen molar-refractivity contribution in [2.45, 2.75) is 59.3 Å². The van der Waals surface area contributed by atoms with Crippen LogP contribution in [0.3, 0.4) is 0 Å². The molecular weight excluding hydrogens is 1410 g/mol. The highest BCUT2D eigenvalue weighted by Crippen LogP contribution is 2.40. The number of halogens is 1. The van der Waals surface area contributed by atoms with Crippen LogP contribution in [-0.4, -0.2) is 227 Å². The van der Waals surface area contributed by atoms with Crippen LogP contribution in [0, 0.1) is 25.0 Å². The number of amides is 1. The van der Waals surface area contributed by atoms with E-state index in [4.69, 9.17) is 37.0 Å². The number of H-pyrrole nitrogens is 1. The third kappa shape index (κ3) is 28.7. The number of ether oxygens (including phenoxy) is 4. The number of anilines is 3. The van der Waals surface area contributed by atoms with E-state index < -0.39 is 15.8 Å². The maximum Gasteiger partial charge on any atom is 0.271 e. The molecule has 8 N–H and O–H groups in total. The Balaban J connectivity index is 0.000000441. The standard InChI is InChI=1S/C23H31N5O3S.C13H19N3OS.C12H19N3O3.C10H14N2O3.C7H6BrNO3.C6H15N/c1-14(2)16-12-17(20(30)13-19(16)29)22-24-25-23(32)28(22)15-7-8-21(31-6)18(11-15)27(5)10-9-26(3)4;1-15(2)7-8-16(3)12-9-11(14-10-18)5-6-13(12)17-4;1-13(2)7-8-14(3)11-9-10(15(16)17)5-6-12(11)18-4;1-5(2)6-3-7(10(15)12-11)9(14)4-8(6)13;1-12-7-3-2-5(9(10)11)4-6(7)8;1-4-5-6-7(2)3/h7-8,11-14,29-30H,9-10H2,1-6H3,(H,25,32);2*5-6,9H,7-8H2,1-4H3;3-5,13-14H,11H2,1-2H3,(H,12,15);2-4H,1H3;4-6H2,1-3H3. The van der Waals surface area contributed by atoms with Gasteiger partial charge in [0, 0.05) is 96.8 Å². The number of phenolic OH excluding ortho intramolecular Hbond substituents is 4. The minimum Gasteiger partial charge on any atom is -0.508 e. The molecule has 0 aliphatic carbocycles. The second kappa shape index (κ2) is 44.9. The number of aromatic hydroxyl groups is 4. The Morgan fingerprint density at radius 3 is 1.44 bits per heavy atom. The molecule has 560 valence electrons. The molecule has 0 saturated carbocycles. The number of nitrogens with one attached hydrogen (secondary N) is 2. The van der Waals surface area contributed by atoms with Gasteiger partial charge in [-0.3, -0.25) is 40.1 Å². The summed E-state index contributed by atoms with van der Waals surface area (Å²) in [5, 5.41) is 70.4. The number of methoxy groups -OCH3 is 4. The number of hydrazine groups is 1. The summed E-state index contributed by atoms with van der Waals surface area (Å²) in [6.07, 6.45) is 2.63. The number of hydrogen-bond acceptors (Lipinski definition) is 25. The number of hydrogen-bond donors (Lipinski definition) is 7. The topological polar surface area (TPSA) is 328 Å². The molecule has 7 rings (SSSR count). The van der Waals surface area contributed by atoms with E-state index in [1.165, 1.54) is 62.9 Å². The molecule has 31 heteroatoms. The first kappa shape index (κ1) is 88.9. The number of nitro benzene ring substituents is 2. The second-order valence-electron chi connectivity index (χ2n) is 24.8. The van der Waals surface area contributed by atoms with Crippen molar-refractivity contribution in [3.63, 3.8) is 0 Å². The number of thiocarbonyl (C=S) groups is 1. The van der Waals surface area contributed by atoms with Crippen LogP contribution in [0.4, 0.5) is 34.1 Å². The highest BCUT2D eigenvalue weighted by Gasteiger charge is 2.22. The molecule has 0 fully saturated rings. The number of phenols is 4. The average Bonchev–Trinajstić information content (AvgIpc) is 1.58. The van der Waals surface area contributed by atoms with Gasteiger partial charge in [-0.25, -0.2) is 5.84 Å². The molecule has 0 aliphatic rings. The predicted octanol–water partition coefficient (Wildman–Crippen LogP) is 12.7. The van der Waals surface area contributed by atoms with Crippen molar-refractivity contribution in [1.29, 1.82) is 0 Å². The predicted molar refractivity (Wildman–Crippen MR) is 417 cm³/mol. The van der Waals surface area contributed by atoms with Gasteiger partial charge in [0.05, 0.1) is 87.5 Å². The van der Waals surface area contributed by atoms with Crippen LogP contribution in [0.5, 0.6) is 46.0 Å². The zero-order valence-electron chi connectivity index (χ0n) is 62.4. The first-order chi connectivity index (χ1) is 48.0. The number of nitrogens with zero attached hydrogens (tertiary/aromatic N) is 12. The van der Waals surface area contributed by atoms with Crippen LogP contribution in [-0.2, 0) is 0 Å². The van der Waals surface area contributed by atoms with Gasteiger partial charge in [0.15, 0.2) is 10.6 Å². The van der Waals surface area contributed by atoms with Gasteiger partial charge in [-0.15, -0.1) is 0 Å². The van der Waals surface area contributed by atoms with E-state index in [-0.39, 0.29) is 51.8 Å². The molecule has 28 nitrogen and oxygen atoms in total. The average molecular weight is 1520 g/mol. The Bertz CT molecular complexity index is 3840. The van der Waals surface area contributed by atoms with Gasteiger partial charge in [-0.1, -0.05) is 41.0 Å². The molecule has 1 heterocycles. The van der Waals surface area contributed by atoms with E-state index in [1.807, 2.05) is 124 Å². The summed E-state index contributed by atoms with van der Waals surface area (Å²) in [7, 11) is 28.7. The van der Waals surface area contributed by atoms with Crippen LogP contribution in [0.15, 0.2) is 107 Å². The van der Waals surface area contributed by atoms with E-state index in [0.29, 0.717) is 37.7 Å². The number of carbonyl (C=O) groups excluding carboxylic acids is 1. The van der Waals surface area contributed by atoms with Gasteiger partial charge < -0.3 is 73.7 Å². The van der Waals surface area contributed by atoms with E-state index in [2.05, 4.69) is 113 Å². The highest BCUT2D eigenvalue weighted by atomic mass is 79.9. The lowest BCUT2D eigenvalue weighted by Crippen LogP contribution is -2.30. The molecule has 7 aromatic rings. The molecule has 0 bridgehead atoms. The number of nitro groups is 2. The molecule has 1 aromatic heterocycles. The zero-order chi connectivity index (χ0) is 77.2. The zero-order valence-corrected chi connectivity index (χ0v) is 65.6. The van der Waals surface area contributed by atoms with Crippen molar-refractivity contribution in [1.82, 2.24) is 39.8 Å². The number of carbonyl (C=O) groups is 1. The number of aromatic amines is 1. The first-order valence-electron chi connectivity index (χ1n) is 32.3. The first-order valence-corrected chi connectivity index (χ1v) is 33.9. The number of nitrogen functional groups attached to an aromatic ring is 1. The van der Waals surface area contributed by atoms with Crippen LogP contribution in [0.2, 0.25) is 0 Å². The van der Waals surface area contributed by atoms with Crippen LogP contribution in [0.25, 0.3) is 17.1 Å². The van der Waals surface area contributed by atoms with E-state index in [9.17, 15) is 45.4 Å². The van der Waals surface area contributed by atoms with Crippen molar-refractivity contribution in [3.8, 4) is 63.1 Å². The van der Waals surface area contributed by atoms with Crippen molar-refractivity contribution in [2.24, 2.45) is 10.8 Å². The van der Waals surface area contributed by atoms with Crippen molar-refractivity contribution >= 4 is 85.6 Å². The van der Waals surface area contributed by atoms with Crippen LogP contribution >= 0.6 is 40.4 Å². The van der Waals surface area contributed by atoms with E-state index >= 15 is 0 Å². The number of rotatable bonds is 27. The number of unbranched alkanes of at least 4 members (excludes halogenated alkanes) is 1. The fraction of sp³-hybridized carbons (Fsp3) is 0.437. The molecule has 0 saturated heterocycles. The summed E-state index contributed by atoms with van der Waals surface area (Å²) >= 11 is 13.3. The third-order valence-corrected chi connectivity index (χ3v) is 16.1. The number of non-ortho nitro benzene ring substituents is 2. The fourth-order valence-electron chi connectivity index (χ4n) is 9.23. The van der Waals surface area contributed by atoms with Crippen molar-refractivity contribution < 1.29 is 54.0 Å². The van der Waals surface area contributed by atoms with Gasteiger partial charge in [0.2, 0.25) is 0 Å². The molecule has 1 amide bonds. The van der Waals surface area contributed by atoms with Crippen molar-refractivity contribution in [2.75, 3.05) is 166 Å². The second-order valence-corrected chi connectivity index (χ2v) is 26.2. The Hall–Kier alpha value is -9.17. The van der Waals surface area contributed by atoms with E-state index in [1.54, 1.807) is 44.1 Å². The van der Waals surface area contributed by atoms with Crippen LogP contribution in [0.1, 0.15) is 80.8 Å². The number of isothiocyanates is 1. The number of aromatic nitrogens is 3. The Morgan fingerprint density at radius 2 is 1.03 bits per heavy atom. The molecule has 6 aromatic carbocycles. The maximum atomic E-state index is 11.2. The highest BCUT2D eigenvalue weighted by molar-refractivity contribution is 9.10. The summed E-state index contributed by atoms with van der Waals surface area (Å²) in [5.41, 5.74) is 8.11. The quantitative estimate of drug-likeness (QED) is 0.00628. The Morgan fingerprint density at radius 1 is 0.608 bits per heavy atom. The van der Waals surface area contributed by atoms with E-state index in [0.717, 1.165) is 90.8 Å². The lowest BCUT2D eigenvalue weighted by atomic mass is 9.98. The number of nitrogens with two attached hydrogens (primary N) is 1. The maximum absolute atomic E-state index is 11.2. The molecule has 0 aliphatic heterocycles. The normalized spacial score (nSPS) is 10.5. The fourth-order valence-corrected chi connectivity index (χ4v) is 10.1. The lowest BCUT2D eigenvalue weighted by Gasteiger charge is -2.24. The summed E-state index contributed by atoms with van der Waals surface area (Å²) in [6.45, 7) is 16.4. The summed E-state index contributed by atoms with van der Waals surface area (Å²) in [4.78, 5) is 50.2. The SMILES string of the molecule is CC(C)c1cc(C(=O)NN)c(O)cc1O.CCCCN(C)C.COc1ccc(-n2c(-c3cc(C(C)C)c(O)cc3O)n[nH]c2=S)cc1N(C)CCN(C)C.COc1ccc(N=C=S)cc1N(C)CCN(C)C.COc1ccc([N+](=O)[O-])cc1Br.COc1ccc([N+](=O)[O-])cc1N(C)CCN(C)C. The number of aliphatic imine (C=N–C) groups is 1. The lowest BCUT2D eigenvalue weighted by molar-refractivity contribution is -0.385.